The average molecular weight is 325 g/mol. The van der Waals surface area contributed by atoms with E-state index in [9.17, 15) is 0 Å². The molecule has 0 unspecified atom stereocenters. The van der Waals surface area contributed by atoms with Crippen LogP contribution in [0.25, 0.3) is 0 Å². The molecule has 3 N–H and O–H groups in total. The van der Waals surface area contributed by atoms with Gasteiger partial charge in [-0.1, -0.05) is 0 Å². The van der Waals surface area contributed by atoms with Gasteiger partial charge in [-0.25, -0.2) is 4.57 Å². The van der Waals surface area contributed by atoms with E-state index < -0.39 is 7.82 Å². The summed E-state index contributed by atoms with van der Waals surface area (Å²) >= 11 is 0. The molecule has 0 aromatic heterocycles. The quantitative estimate of drug-likeness (QED) is 0.342. The molecule has 0 aromatic rings. The standard InChI is InChI=1S/Al.Ca.H3O4P.Sr.Zn.7H/c;;1-5(2,3)4;;;;;;;;;/h;;(H3,1,2,3,4);;;;;;;;;/q;+2;;+2;;;;;4*-1. The molecular weight excluding hydrogens is 315 g/mol. The zero-order chi connectivity index (χ0) is 4.50. The largest absolute Gasteiger partial charge is 2.00 e. The SMILES string of the molecule is O=P(O)(O)O.[AlH3].[Ca+2].[H-].[H-].[H-].[H-].[Sr+2].[Zn]. The molecule has 9 heavy (non-hydrogen) atoms. The molecule has 0 heterocycles. The van der Waals surface area contributed by atoms with Crippen molar-refractivity contribution in [1.82, 2.24) is 0 Å². The fourth-order valence-electron chi connectivity index (χ4n) is 0. The second kappa shape index (κ2) is 14.5. The van der Waals surface area contributed by atoms with Gasteiger partial charge in [-0.2, -0.15) is 0 Å². The van der Waals surface area contributed by atoms with Crippen molar-refractivity contribution < 1.29 is 44.4 Å². The summed E-state index contributed by atoms with van der Waals surface area (Å²) in [7, 11) is -4.64. The first kappa shape index (κ1) is 29.2. The minimum Gasteiger partial charge on any atom is -1.00 e. The van der Waals surface area contributed by atoms with Crippen LogP contribution >= 0.6 is 7.82 Å². The normalized spacial score (nSPS) is 6.56. The maximum Gasteiger partial charge on any atom is 2.00 e. The van der Waals surface area contributed by atoms with E-state index in [1.54, 1.807) is 0 Å². The van der Waals surface area contributed by atoms with Crippen molar-refractivity contribution >= 4 is 108 Å². The summed E-state index contributed by atoms with van der Waals surface area (Å²) in [5, 5.41) is 0. The predicted molar refractivity (Wildman–Crippen MR) is 40.2 cm³/mol. The van der Waals surface area contributed by atoms with Gasteiger partial charge in [0.2, 0.25) is 0 Å². The van der Waals surface area contributed by atoms with Crippen molar-refractivity contribution in [3.63, 3.8) is 0 Å². The number of rotatable bonds is 0. The van der Waals surface area contributed by atoms with E-state index >= 15 is 0 Å². The summed E-state index contributed by atoms with van der Waals surface area (Å²) < 4.78 is 8.88. The molecule has 9 heteroatoms. The minimum atomic E-state index is -4.64. The molecule has 0 saturated carbocycles. The van der Waals surface area contributed by atoms with Gasteiger partial charge in [-0.3, -0.25) is 0 Å². The molecule has 0 atom stereocenters. The molecule has 0 aliphatic rings. The number of hydrogen-bond donors (Lipinski definition) is 3. The first-order valence-corrected chi connectivity index (χ1v) is 2.35. The Morgan fingerprint density at radius 3 is 1.22 bits per heavy atom. The molecular formula is H10AlCaO4PSrZn. The molecule has 48 valence electrons. The Balaban J connectivity index is -0.00000000286. The van der Waals surface area contributed by atoms with E-state index in [1.165, 1.54) is 0 Å². The third-order valence-electron chi connectivity index (χ3n) is 0. The van der Waals surface area contributed by atoms with Gasteiger partial charge in [0.05, 0.1) is 0 Å². The van der Waals surface area contributed by atoms with Crippen LogP contribution in [0.4, 0.5) is 0 Å². The Morgan fingerprint density at radius 1 is 1.22 bits per heavy atom. The molecule has 0 aliphatic heterocycles. The Morgan fingerprint density at radius 2 is 1.22 bits per heavy atom. The Labute approximate surface area is 150 Å². The van der Waals surface area contributed by atoms with Crippen LogP contribution in [0.5, 0.6) is 0 Å². The molecule has 0 spiro atoms. The number of hydrogen-bond acceptors (Lipinski definition) is 1. The van der Waals surface area contributed by atoms with Gasteiger partial charge in [0, 0.05) is 19.5 Å². The van der Waals surface area contributed by atoms with Crippen molar-refractivity contribution in [1.29, 1.82) is 0 Å². The summed E-state index contributed by atoms with van der Waals surface area (Å²) in [5.74, 6) is 0. The van der Waals surface area contributed by atoms with Gasteiger partial charge in [0.25, 0.3) is 0 Å². The maximum atomic E-state index is 8.88. The molecule has 4 nitrogen and oxygen atoms in total. The van der Waals surface area contributed by atoms with Crippen LogP contribution < -0.4 is 0 Å². The molecule has 0 radical (unpaired) electrons. The second-order valence-electron chi connectivity index (χ2n) is 0.513. The first-order valence-electron chi connectivity index (χ1n) is 0.783. The summed E-state index contributed by atoms with van der Waals surface area (Å²) in [4.78, 5) is 21.6. The topological polar surface area (TPSA) is 77.8 Å². The van der Waals surface area contributed by atoms with Crippen LogP contribution in [-0.2, 0) is 24.0 Å². The summed E-state index contributed by atoms with van der Waals surface area (Å²) in [5.41, 5.74) is 0. The van der Waals surface area contributed by atoms with Crippen LogP contribution in [0.3, 0.4) is 0 Å². The predicted octanol–water partition coefficient (Wildman–Crippen LogP) is -2.43. The van der Waals surface area contributed by atoms with Crippen LogP contribution in [-0.4, -0.2) is 115 Å². The van der Waals surface area contributed by atoms with Crippen LogP contribution in [0, 0.1) is 0 Å². The maximum absolute atomic E-state index is 8.88. The average Bonchev–Trinajstić information content (AvgIpc) is 0.722. The fourth-order valence-corrected chi connectivity index (χ4v) is 0. The van der Waals surface area contributed by atoms with Gasteiger partial charge < -0.3 is 20.4 Å². The van der Waals surface area contributed by atoms with Crippen molar-refractivity contribution in [2.45, 2.75) is 0 Å². The summed E-state index contributed by atoms with van der Waals surface area (Å²) in [6.45, 7) is 0. The van der Waals surface area contributed by atoms with Gasteiger partial charge >= 0.3 is 91.0 Å². The third kappa shape index (κ3) is 74.9. The van der Waals surface area contributed by atoms with Gasteiger partial charge in [0.15, 0.2) is 17.4 Å². The Kier molecular flexibility index (Phi) is 47.2. The molecule has 0 amide bonds. The van der Waals surface area contributed by atoms with Crippen molar-refractivity contribution in [2.75, 3.05) is 0 Å². The van der Waals surface area contributed by atoms with E-state index in [0.717, 1.165) is 0 Å². The fraction of sp³-hybridized carbons (Fsp3) is 0. The van der Waals surface area contributed by atoms with Gasteiger partial charge in [-0.05, 0) is 0 Å². The Hall–Kier alpha value is 4.01. The van der Waals surface area contributed by atoms with Crippen molar-refractivity contribution in [2.24, 2.45) is 0 Å². The van der Waals surface area contributed by atoms with E-state index in [-0.39, 0.29) is 126 Å². The third-order valence-corrected chi connectivity index (χ3v) is 0. The first-order chi connectivity index (χ1) is 2.00. The second-order valence-corrected chi connectivity index (χ2v) is 1.54. The van der Waals surface area contributed by atoms with E-state index in [1.807, 2.05) is 0 Å². The summed E-state index contributed by atoms with van der Waals surface area (Å²) in [6, 6.07) is 0. The minimum absolute atomic E-state index is 0. The van der Waals surface area contributed by atoms with Crippen LogP contribution in [0.1, 0.15) is 5.71 Å². The van der Waals surface area contributed by atoms with Crippen LogP contribution in [0.15, 0.2) is 0 Å². The smallest absolute Gasteiger partial charge is 1.00 e. The van der Waals surface area contributed by atoms with Gasteiger partial charge in [-0.15, -0.1) is 0 Å². The van der Waals surface area contributed by atoms with E-state index in [4.69, 9.17) is 19.2 Å². The zero-order valence-electron chi connectivity index (χ0n) is 8.32. The van der Waals surface area contributed by atoms with Crippen LogP contribution in [0.2, 0.25) is 0 Å². The van der Waals surface area contributed by atoms with E-state index in [2.05, 4.69) is 0 Å². The molecule has 0 saturated heterocycles. The molecule has 0 bridgehead atoms. The monoisotopic (exact) mass is 324 g/mol. The molecule has 0 rings (SSSR count). The molecule has 0 aromatic carbocycles. The summed E-state index contributed by atoms with van der Waals surface area (Å²) in [6.07, 6.45) is 0. The molecule has 0 fully saturated rings. The van der Waals surface area contributed by atoms with Crippen molar-refractivity contribution in [3.05, 3.63) is 0 Å². The van der Waals surface area contributed by atoms with E-state index in [0.29, 0.717) is 0 Å². The zero-order valence-corrected chi connectivity index (χ0v) is 13.9. The van der Waals surface area contributed by atoms with Gasteiger partial charge in [0.1, 0.15) is 0 Å². The molecule has 0 aliphatic carbocycles. The number of phosphoric acid groups is 1. The Bertz CT molecular complexity index is 78.3. The van der Waals surface area contributed by atoms with Crippen molar-refractivity contribution in [3.8, 4) is 0 Å².